The normalized spacial score (nSPS) is 15.7. The Hall–Kier alpha value is -3.42. The summed E-state index contributed by atoms with van der Waals surface area (Å²) < 4.78 is 21.7. The molecule has 1 atom stereocenters. The van der Waals surface area contributed by atoms with Crippen LogP contribution in [-0.4, -0.2) is 44.2 Å². The molecule has 0 radical (unpaired) electrons. The van der Waals surface area contributed by atoms with Crippen molar-refractivity contribution in [2.75, 3.05) is 20.8 Å². The second-order valence-corrected chi connectivity index (χ2v) is 7.84. The number of aromatic hydroxyl groups is 1. The third-order valence-corrected chi connectivity index (χ3v) is 4.65. The number of phenols is 1. The Labute approximate surface area is 175 Å². The highest BCUT2D eigenvalue weighted by atomic mass is 16.6. The predicted octanol–water partition coefficient (Wildman–Crippen LogP) is 3.00. The van der Waals surface area contributed by atoms with Gasteiger partial charge in [0.15, 0.2) is 23.0 Å². The number of hydrogen-bond donors (Lipinski definition) is 2. The molecule has 0 aliphatic carbocycles. The van der Waals surface area contributed by atoms with Crippen molar-refractivity contribution in [1.82, 2.24) is 5.43 Å². The lowest BCUT2D eigenvalue weighted by Crippen LogP contribution is -2.42. The molecule has 8 heteroatoms. The fourth-order valence-electron chi connectivity index (χ4n) is 2.90. The van der Waals surface area contributed by atoms with Crippen LogP contribution in [0.3, 0.4) is 0 Å². The Morgan fingerprint density at radius 1 is 1.17 bits per heavy atom. The maximum atomic E-state index is 12.5. The van der Waals surface area contributed by atoms with Gasteiger partial charge in [0.2, 0.25) is 11.9 Å². The maximum Gasteiger partial charge on any atom is 0.284 e. The van der Waals surface area contributed by atoms with E-state index in [0.717, 1.165) is 5.56 Å². The van der Waals surface area contributed by atoms with Gasteiger partial charge in [-0.15, -0.1) is 0 Å². The molecule has 0 aromatic heterocycles. The third kappa shape index (κ3) is 4.59. The van der Waals surface area contributed by atoms with Crippen molar-refractivity contribution < 1.29 is 28.8 Å². The Morgan fingerprint density at radius 3 is 2.43 bits per heavy atom. The van der Waals surface area contributed by atoms with Crippen LogP contribution in [0, 0.1) is 0 Å². The van der Waals surface area contributed by atoms with Gasteiger partial charge in [-0.1, -0.05) is 26.8 Å². The predicted molar refractivity (Wildman–Crippen MR) is 112 cm³/mol. The Morgan fingerprint density at radius 2 is 1.83 bits per heavy atom. The SMILES string of the molecule is COc1cc(/C=N\NC(=O)C2COc3ccc(C(C)(C)C)cc3O2)cc(OC)c1O. The van der Waals surface area contributed by atoms with Crippen LogP contribution in [0.2, 0.25) is 0 Å². The molecule has 1 heterocycles. The Balaban J connectivity index is 1.68. The minimum atomic E-state index is -0.825. The highest BCUT2D eigenvalue weighted by molar-refractivity contribution is 5.86. The number of nitrogens with zero attached hydrogens (tertiary/aromatic N) is 1. The van der Waals surface area contributed by atoms with Gasteiger partial charge in [0, 0.05) is 5.56 Å². The molecule has 2 aromatic carbocycles. The summed E-state index contributed by atoms with van der Waals surface area (Å²) in [7, 11) is 2.86. The number of amides is 1. The topological polar surface area (TPSA) is 98.6 Å². The minimum absolute atomic E-state index is 0.0515. The zero-order valence-corrected chi connectivity index (χ0v) is 17.7. The van der Waals surface area contributed by atoms with Crippen molar-refractivity contribution in [2.45, 2.75) is 32.3 Å². The van der Waals surface area contributed by atoms with E-state index in [1.54, 1.807) is 12.1 Å². The summed E-state index contributed by atoms with van der Waals surface area (Å²) in [6.07, 6.45) is 0.589. The van der Waals surface area contributed by atoms with Crippen LogP contribution < -0.4 is 24.4 Å². The molecular weight excluding hydrogens is 388 g/mol. The lowest BCUT2D eigenvalue weighted by Gasteiger charge is -2.27. The first kappa shape index (κ1) is 21.3. The number of methoxy groups -OCH3 is 2. The van der Waals surface area contributed by atoms with Crippen LogP contribution >= 0.6 is 0 Å². The van der Waals surface area contributed by atoms with Crippen molar-refractivity contribution in [3.05, 3.63) is 41.5 Å². The number of rotatable bonds is 5. The lowest BCUT2D eigenvalue weighted by molar-refractivity contribution is -0.130. The van der Waals surface area contributed by atoms with Crippen LogP contribution in [0.25, 0.3) is 0 Å². The minimum Gasteiger partial charge on any atom is -0.502 e. The van der Waals surface area contributed by atoms with E-state index >= 15 is 0 Å². The van der Waals surface area contributed by atoms with E-state index < -0.39 is 12.0 Å². The second kappa shape index (κ2) is 8.52. The third-order valence-electron chi connectivity index (χ3n) is 4.65. The molecule has 0 saturated heterocycles. The standard InChI is InChI=1S/C22H26N2O6/c1-22(2,3)14-6-7-15-16(10-14)30-19(12-29-15)21(26)24-23-11-13-8-17(27-4)20(25)18(9-13)28-5/h6-11,19,25H,12H2,1-5H3,(H,24,26)/b23-11-. The van der Waals surface area contributed by atoms with Crippen LogP contribution in [0.4, 0.5) is 0 Å². The van der Waals surface area contributed by atoms with Crippen molar-refractivity contribution >= 4 is 12.1 Å². The molecule has 0 fully saturated rings. The van der Waals surface area contributed by atoms with Crippen LogP contribution in [0.1, 0.15) is 31.9 Å². The van der Waals surface area contributed by atoms with Gasteiger partial charge in [0.25, 0.3) is 5.91 Å². The average Bonchev–Trinajstić information content (AvgIpc) is 2.73. The first-order valence-electron chi connectivity index (χ1n) is 9.45. The number of fused-ring (bicyclic) bond motifs is 1. The molecule has 1 unspecified atom stereocenters. The summed E-state index contributed by atoms with van der Waals surface area (Å²) in [4.78, 5) is 12.5. The van der Waals surface area contributed by atoms with Crippen molar-refractivity contribution in [2.24, 2.45) is 5.10 Å². The summed E-state index contributed by atoms with van der Waals surface area (Å²) in [5, 5.41) is 13.9. The van der Waals surface area contributed by atoms with Gasteiger partial charge >= 0.3 is 0 Å². The quantitative estimate of drug-likeness (QED) is 0.577. The van der Waals surface area contributed by atoms with E-state index in [2.05, 4.69) is 31.3 Å². The molecule has 0 bridgehead atoms. The molecule has 0 saturated carbocycles. The molecule has 8 nitrogen and oxygen atoms in total. The first-order chi connectivity index (χ1) is 14.2. The Bertz CT molecular complexity index is 940. The first-order valence-corrected chi connectivity index (χ1v) is 9.45. The van der Waals surface area contributed by atoms with Crippen LogP contribution in [-0.2, 0) is 10.2 Å². The number of nitrogens with one attached hydrogen (secondary N) is 1. The molecule has 1 amide bonds. The largest absolute Gasteiger partial charge is 0.502 e. The van der Waals surface area contributed by atoms with E-state index in [9.17, 15) is 9.90 Å². The van der Waals surface area contributed by atoms with Crippen LogP contribution in [0.15, 0.2) is 35.4 Å². The van der Waals surface area contributed by atoms with E-state index in [-0.39, 0.29) is 29.3 Å². The summed E-state index contributed by atoms with van der Waals surface area (Å²) in [6, 6.07) is 8.88. The molecule has 2 aromatic rings. The van der Waals surface area contributed by atoms with Gasteiger partial charge in [-0.25, -0.2) is 5.43 Å². The number of carbonyl (C=O) groups excluding carboxylic acids is 1. The summed E-state index contributed by atoms with van der Waals surface area (Å²) >= 11 is 0. The second-order valence-electron chi connectivity index (χ2n) is 7.84. The molecule has 1 aliphatic rings. The molecule has 2 N–H and O–H groups in total. The molecular formula is C22H26N2O6. The zero-order valence-electron chi connectivity index (χ0n) is 17.7. The molecule has 1 aliphatic heterocycles. The summed E-state index contributed by atoms with van der Waals surface area (Å²) in [5.74, 6) is 1.07. The highest BCUT2D eigenvalue weighted by Gasteiger charge is 2.28. The van der Waals surface area contributed by atoms with Crippen molar-refractivity contribution in [3.8, 4) is 28.7 Å². The summed E-state index contributed by atoms with van der Waals surface area (Å²) in [5.41, 5.74) is 4.05. The Kier molecular flexibility index (Phi) is 6.05. The maximum absolute atomic E-state index is 12.5. The van der Waals surface area contributed by atoms with E-state index in [4.69, 9.17) is 18.9 Å². The summed E-state index contributed by atoms with van der Waals surface area (Å²) in [6.45, 7) is 6.39. The number of phenolic OH excluding ortho intramolecular Hbond substituents is 1. The smallest absolute Gasteiger partial charge is 0.284 e. The van der Waals surface area contributed by atoms with Crippen molar-refractivity contribution in [1.29, 1.82) is 0 Å². The number of ether oxygens (including phenoxy) is 4. The molecule has 160 valence electrons. The van der Waals surface area contributed by atoms with Gasteiger partial charge in [0.05, 0.1) is 20.4 Å². The zero-order chi connectivity index (χ0) is 21.9. The highest BCUT2D eigenvalue weighted by Crippen LogP contribution is 2.37. The van der Waals surface area contributed by atoms with Crippen LogP contribution in [0.5, 0.6) is 28.7 Å². The van der Waals surface area contributed by atoms with Gasteiger partial charge in [0.1, 0.15) is 6.61 Å². The molecule has 0 spiro atoms. The van der Waals surface area contributed by atoms with Gasteiger partial charge < -0.3 is 24.1 Å². The fraction of sp³-hybridized carbons (Fsp3) is 0.364. The van der Waals surface area contributed by atoms with Crippen molar-refractivity contribution in [3.63, 3.8) is 0 Å². The van der Waals surface area contributed by atoms with Gasteiger partial charge in [-0.2, -0.15) is 5.10 Å². The number of benzene rings is 2. The van der Waals surface area contributed by atoms with Gasteiger partial charge in [-0.05, 0) is 35.2 Å². The van der Waals surface area contributed by atoms with Gasteiger partial charge in [-0.3, -0.25) is 4.79 Å². The monoisotopic (exact) mass is 414 g/mol. The number of hydrogen-bond acceptors (Lipinski definition) is 7. The van der Waals surface area contributed by atoms with E-state index in [1.165, 1.54) is 20.4 Å². The average molecular weight is 414 g/mol. The number of carbonyl (C=O) groups is 1. The van der Waals surface area contributed by atoms with E-state index in [0.29, 0.717) is 17.1 Å². The number of hydrazone groups is 1. The lowest BCUT2D eigenvalue weighted by atomic mass is 9.87. The molecule has 30 heavy (non-hydrogen) atoms. The van der Waals surface area contributed by atoms with E-state index in [1.807, 2.05) is 18.2 Å². The molecule has 3 rings (SSSR count). The fourth-order valence-corrected chi connectivity index (χ4v) is 2.90.